The predicted octanol–water partition coefficient (Wildman–Crippen LogP) is -0.510. The summed E-state index contributed by atoms with van der Waals surface area (Å²) in [6.07, 6.45) is 0.0883. The van der Waals surface area contributed by atoms with Crippen LogP contribution in [0.1, 0.15) is 43.4 Å². The van der Waals surface area contributed by atoms with Crippen molar-refractivity contribution in [1.29, 1.82) is 0 Å². The fraction of sp³-hybridized carbons (Fsp3) is 0.643. The minimum atomic E-state index is -1.90. The highest BCUT2D eigenvalue weighted by Gasteiger charge is 2.34. The second-order valence-corrected chi connectivity index (χ2v) is 6.55. The van der Waals surface area contributed by atoms with Crippen LogP contribution in [0.15, 0.2) is 0 Å². The van der Waals surface area contributed by atoms with Crippen LogP contribution in [-0.4, -0.2) is 63.2 Å². The van der Waals surface area contributed by atoms with E-state index in [1.165, 1.54) is 16.7 Å². The minimum Gasteiger partial charge on any atom is -0.464 e. The van der Waals surface area contributed by atoms with Crippen LogP contribution < -0.4 is 5.46 Å². The number of rotatable bonds is 2. The quantitative estimate of drug-likeness (QED) is 0.551. The van der Waals surface area contributed by atoms with Crippen molar-refractivity contribution in [3.63, 3.8) is 0 Å². The van der Waals surface area contributed by atoms with Gasteiger partial charge in [0.15, 0.2) is 5.69 Å². The van der Waals surface area contributed by atoms with Gasteiger partial charge in [0.05, 0.1) is 19.3 Å². The SMILES string of the molecule is COC(=O)c1nn2c(c1B(O)O)CN(C(=O)OC(C)(C)C)CCC2. The van der Waals surface area contributed by atoms with Gasteiger partial charge in [-0.15, -0.1) is 0 Å². The van der Waals surface area contributed by atoms with Crippen LogP contribution >= 0.6 is 0 Å². The number of nitrogens with zero attached hydrogens (tertiary/aromatic N) is 3. The molecule has 0 unspecified atom stereocenters. The molecule has 1 amide bonds. The average molecular weight is 339 g/mol. The van der Waals surface area contributed by atoms with Gasteiger partial charge in [0.2, 0.25) is 0 Å². The van der Waals surface area contributed by atoms with Gasteiger partial charge in [0.25, 0.3) is 0 Å². The van der Waals surface area contributed by atoms with E-state index in [9.17, 15) is 19.6 Å². The Morgan fingerprint density at radius 1 is 1.25 bits per heavy atom. The number of ether oxygens (including phenoxy) is 2. The molecule has 132 valence electrons. The molecular weight excluding hydrogens is 317 g/mol. The van der Waals surface area contributed by atoms with Crippen LogP contribution in [-0.2, 0) is 22.6 Å². The lowest BCUT2D eigenvalue weighted by Gasteiger charge is -2.26. The molecule has 0 aromatic carbocycles. The molecule has 1 aromatic rings. The molecule has 0 radical (unpaired) electrons. The minimum absolute atomic E-state index is 0.0442. The standard InChI is InChI=1S/C14H22BN3O6/c1-14(2,3)24-13(20)17-6-5-7-18-9(8-17)10(15(21)22)11(16-18)12(19)23-4/h21-22H,5-8H2,1-4H3. The number of methoxy groups -OCH3 is 1. The summed E-state index contributed by atoms with van der Waals surface area (Å²) in [5.41, 5.74) is -0.459. The molecule has 1 aromatic heterocycles. The molecule has 2 heterocycles. The Morgan fingerprint density at radius 3 is 2.46 bits per heavy atom. The Balaban J connectivity index is 2.36. The third-order valence-electron chi connectivity index (χ3n) is 3.53. The van der Waals surface area contributed by atoms with Gasteiger partial charge < -0.3 is 24.4 Å². The van der Waals surface area contributed by atoms with E-state index in [4.69, 9.17) is 4.74 Å². The van der Waals surface area contributed by atoms with Gasteiger partial charge in [-0.05, 0) is 27.2 Å². The van der Waals surface area contributed by atoms with Crippen LogP contribution in [0, 0.1) is 0 Å². The van der Waals surface area contributed by atoms with E-state index in [-0.39, 0.29) is 17.7 Å². The molecule has 0 saturated heterocycles. The predicted molar refractivity (Wildman–Crippen MR) is 84.7 cm³/mol. The summed E-state index contributed by atoms with van der Waals surface area (Å²) >= 11 is 0. The number of aromatic nitrogens is 2. The second-order valence-electron chi connectivity index (χ2n) is 6.55. The molecule has 1 aliphatic heterocycles. The average Bonchev–Trinajstić information content (AvgIpc) is 2.69. The summed E-state index contributed by atoms with van der Waals surface area (Å²) in [6, 6.07) is 0. The van der Waals surface area contributed by atoms with E-state index in [1.54, 1.807) is 20.8 Å². The molecule has 2 rings (SSSR count). The smallest absolute Gasteiger partial charge is 0.464 e. The Kier molecular flexibility index (Phi) is 5.19. The summed E-state index contributed by atoms with van der Waals surface area (Å²) in [4.78, 5) is 25.6. The van der Waals surface area contributed by atoms with Gasteiger partial charge in [-0.3, -0.25) is 4.68 Å². The Hall–Kier alpha value is -2.07. The molecular formula is C14H22BN3O6. The lowest BCUT2D eigenvalue weighted by Crippen LogP contribution is -2.41. The van der Waals surface area contributed by atoms with Crippen molar-refractivity contribution in [2.75, 3.05) is 13.7 Å². The largest absolute Gasteiger partial charge is 0.492 e. The molecule has 24 heavy (non-hydrogen) atoms. The van der Waals surface area contributed by atoms with Gasteiger partial charge in [0, 0.05) is 18.6 Å². The van der Waals surface area contributed by atoms with Crippen molar-refractivity contribution in [3.8, 4) is 0 Å². The number of carbonyl (C=O) groups excluding carboxylic acids is 2. The first kappa shape index (κ1) is 18.3. The third-order valence-corrected chi connectivity index (χ3v) is 3.53. The number of hydrogen-bond donors (Lipinski definition) is 2. The number of amides is 1. The van der Waals surface area contributed by atoms with Crippen LogP contribution in [0.4, 0.5) is 4.79 Å². The number of hydrogen-bond acceptors (Lipinski definition) is 7. The van der Waals surface area contributed by atoms with Crippen LogP contribution in [0.25, 0.3) is 0 Å². The van der Waals surface area contributed by atoms with Crippen molar-refractivity contribution in [2.45, 2.75) is 45.9 Å². The summed E-state index contributed by atoms with van der Waals surface area (Å²) in [5.74, 6) is -0.762. The number of fused-ring (bicyclic) bond motifs is 1. The van der Waals surface area contributed by atoms with Crippen molar-refractivity contribution >= 4 is 24.6 Å². The summed E-state index contributed by atoms with van der Waals surface area (Å²) < 4.78 is 11.5. The highest BCUT2D eigenvalue weighted by molar-refractivity contribution is 6.60. The van der Waals surface area contributed by atoms with Crippen molar-refractivity contribution in [3.05, 3.63) is 11.4 Å². The van der Waals surface area contributed by atoms with E-state index in [0.29, 0.717) is 25.2 Å². The zero-order chi connectivity index (χ0) is 18.1. The topological polar surface area (TPSA) is 114 Å². The number of aryl methyl sites for hydroxylation is 1. The summed E-state index contributed by atoms with van der Waals surface area (Å²) in [6.45, 7) is 6.24. The molecule has 0 fully saturated rings. The molecule has 1 aliphatic rings. The maximum atomic E-state index is 12.3. The maximum absolute atomic E-state index is 12.3. The summed E-state index contributed by atoms with van der Waals surface area (Å²) in [5, 5.41) is 23.4. The second kappa shape index (κ2) is 6.82. The molecule has 0 atom stereocenters. The van der Waals surface area contributed by atoms with Gasteiger partial charge >= 0.3 is 19.2 Å². The molecule has 2 N–H and O–H groups in total. The molecule has 0 spiro atoms. The maximum Gasteiger partial charge on any atom is 0.492 e. The normalized spacial score (nSPS) is 14.7. The molecule has 9 nitrogen and oxygen atoms in total. The lowest BCUT2D eigenvalue weighted by molar-refractivity contribution is 0.0237. The first-order valence-electron chi connectivity index (χ1n) is 7.66. The van der Waals surface area contributed by atoms with Crippen molar-refractivity contribution in [2.24, 2.45) is 0 Å². The van der Waals surface area contributed by atoms with Crippen LogP contribution in [0.5, 0.6) is 0 Å². The fourth-order valence-corrected chi connectivity index (χ4v) is 2.53. The lowest BCUT2D eigenvalue weighted by atomic mass is 9.78. The monoisotopic (exact) mass is 339 g/mol. The zero-order valence-electron chi connectivity index (χ0n) is 14.3. The highest BCUT2D eigenvalue weighted by Crippen LogP contribution is 2.17. The van der Waals surface area contributed by atoms with E-state index < -0.39 is 24.8 Å². The Bertz CT molecular complexity index is 637. The number of carbonyl (C=O) groups is 2. The van der Waals surface area contributed by atoms with Gasteiger partial charge in [-0.25, -0.2) is 9.59 Å². The van der Waals surface area contributed by atoms with Crippen LogP contribution in [0.2, 0.25) is 0 Å². The fourth-order valence-electron chi connectivity index (χ4n) is 2.53. The summed E-state index contributed by atoms with van der Waals surface area (Å²) in [7, 11) is -0.714. The third kappa shape index (κ3) is 3.88. The molecule has 0 bridgehead atoms. The molecule has 0 aliphatic carbocycles. The van der Waals surface area contributed by atoms with E-state index in [2.05, 4.69) is 9.84 Å². The molecule has 0 saturated carbocycles. The van der Waals surface area contributed by atoms with Crippen LogP contribution in [0.3, 0.4) is 0 Å². The van der Waals surface area contributed by atoms with Gasteiger partial charge in [-0.2, -0.15) is 5.10 Å². The first-order valence-corrected chi connectivity index (χ1v) is 7.66. The van der Waals surface area contributed by atoms with Gasteiger partial charge in [-0.1, -0.05) is 0 Å². The Labute approximate surface area is 140 Å². The van der Waals surface area contributed by atoms with E-state index in [1.807, 2.05) is 0 Å². The van der Waals surface area contributed by atoms with Crippen molar-refractivity contribution < 1.29 is 29.1 Å². The molecule has 10 heteroatoms. The highest BCUT2D eigenvalue weighted by atomic mass is 16.6. The number of esters is 1. The Morgan fingerprint density at radius 2 is 1.92 bits per heavy atom. The first-order chi connectivity index (χ1) is 11.1. The van der Waals surface area contributed by atoms with Gasteiger partial charge in [0.1, 0.15) is 5.60 Å². The van der Waals surface area contributed by atoms with Crippen molar-refractivity contribution in [1.82, 2.24) is 14.7 Å². The van der Waals surface area contributed by atoms with E-state index >= 15 is 0 Å². The zero-order valence-corrected chi connectivity index (χ0v) is 14.3. The van der Waals surface area contributed by atoms with E-state index in [0.717, 1.165) is 0 Å².